The molecule has 1 nitrogen and oxygen atoms in total. The Kier molecular flexibility index (Phi) is 1.76. The van der Waals surface area contributed by atoms with Gasteiger partial charge >= 0.3 is 97.5 Å². The zero-order chi connectivity index (χ0) is 13.8. The Labute approximate surface area is 97.8 Å². The second kappa shape index (κ2) is 3.35. The van der Waals surface area contributed by atoms with Gasteiger partial charge in [0.25, 0.3) is 0 Å². The van der Waals surface area contributed by atoms with Crippen molar-refractivity contribution in [1.82, 2.24) is 0 Å². The molecule has 0 spiro atoms. The van der Waals surface area contributed by atoms with Gasteiger partial charge in [0, 0.05) is 0 Å². The van der Waals surface area contributed by atoms with E-state index in [1.165, 1.54) is 31.2 Å². The Morgan fingerprint density at radius 3 is 2.67 bits per heavy atom. The average molecular weight is 333 g/mol. The van der Waals surface area contributed by atoms with E-state index in [1.807, 2.05) is 0 Å². The number of halogens is 4. The molecule has 5 heteroatoms. The fraction of sp³-hybridized carbons (Fsp3) is 0.400. The van der Waals surface area contributed by atoms with Crippen LogP contribution < -0.4 is 0 Å². The molecule has 1 aliphatic heterocycles. The molecule has 1 aliphatic rings. The van der Waals surface area contributed by atoms with Gasteiger partial charge < -0.3 is 0 Å². The van der Waals surface area contributed by atoms with Gasteiger partial charge in [0.05, 0.1) is 0 Å². The summed E-state index contributed by atoms with van der Waals surface area (Å²) >= 11 is -3.95. The minimum absolute atomic E-state index is 0.0350. The fourth-order valence-electron chi connectivity index (χ4n) is 1.39. The summed E-state index contributed by atoms with van der Waals surface area (Å²) < 4.78 is 61.6. The Morgan fingerprint density at radius 1 is 1.40 bits per heavy atom. The maximum absolute atomic E-state index is 12.9. The first-order valence-corrected chi connectivity index (χ1v) is 7.17. The second-order valence-corrected chi connectivity index (χ2v) is 7.51. The summed E-state index contributed by atoms with van der Waals surface area (Å²) in [6, 6.07) is 5.74. The van der Waals surface area contributed by atoms with Gasteiger partial charge in [0.15, 0.2) is 0 Å². The van der Waals surface area contributed by atoms with E-state index >= 15 is 0 Å². The van der Waals surface area contributed by atoms with Crippen LogP contribution in [0.2, 0.25) is 0 Å². The topological polar surface area (TPSA) is 9.23 Å². The monoisotopic (exact) mass is 333 g/mol. The molecule has 0 bridgehead atoms. The molecule has 0 N–H and O–H groups in total. The van der Waals surface area contributed by atoms with Crippen molar-refractivity contribution in [2.75, 3.05) is 0 Å². The summed E-state index contributed by atoms with van der Waals surface area (Å²) in [5, 5.41) is 0. The Balaban J connectivity index is 2.59. The molecule has 0 aromatic heterocycles. The summed E-state index contributed by atoms with van der Waals surface area (Å²) in [6.45, 7) is -1.41. The van der Waals surface area contributed by atoms with E-state index < -0.39 is 36.9 Å². The van der Waals surface area contributed by atoms with Gasteiger partial charge in [-0.25, -0.2) is 0 Å². The first kappa shape index (κ1) is 7.89. The number of hydrogen-bond donors (Lipinski definition) is 0. The quantitative estimate of drug-likeness (QED) is 0.514. The van der Waals surface area contributed by atoms with Crippen LogP contribution >= 0.6 is 20.2 Å². The normalized spacial score (nSPS) is 31.7. The molecule has 0 amide bonds. The Bertz CT molecular complexity index is 474. The van der Waals surface area contributed by atoms with Gasteiger partial charge in [-0.05, 0) is 0 Å². The molecule has 2 rings (SSSR count). The van der Waals surface area contributed by atoms with Crippen LogP contribution in [0.3, 0.4) is 0 Å². The summed E-state index contributed by atoms with van der Waals surface area (Å²) in [7, 11) is 0. The molecule has 1 heterocycles. The molecular weight excluding hydrogens is 320 g/mol. The van der Waals surface area contributed by atoms with E-state index in [0.717, 1.165) is 0 Å². The predicted octanol–water partition coefficient (Wildman–Crippen LogP) is 4.06. The van der Waals surface area contributed by atoms with Crippen molar-refractivity contribution in [3.05, 3.63) is 33.4 Å². The molecule has 1 aromatic carbocycles. The van der Waals surface area contributed by atoms with E-state index in [-0.39, 0.29) is 9.13 Å². The van der Waals surface area contributed by atoms with Crippen LogP contribution in [0.15, 0.2) is 24.3 Å². The molecule has 1 aromatic rings. The minimum atomic E-state index is -4.47. The van der Waals surface area contributed by atoms with Crippen molar-refractivity contribution >= 4 is 20.2 Å². The molecule has 0 aliphatic carbocycles. The first-order valence-electron chi connectivity index (χ1n) is 5.63. The first-order chi connectivity index (χ1) is 8.07. The third-order valence-corrected chi connectivity index (χ3v) is 6.43. The molecule has 1 unspecified atom stereocenters. The SMILES string of the molecule is [2H]C([2H])([2H])C1(C)OI(C(F)(F)F)c2ccccc21. The fourth-order valence-corrected chi connectivity index (χ4v) is 5.41. The predicted molar refractivity (Wildman–Crippen MR) is 59.3 cm³/mol. The molecule has 0 fully saturated rings. The van der Waals surface area contributed by atoms with Gasteiger partial charge in [0.2, 0.25) is 0 Å². The van der Waals surface area contributed by atoms with E-state index in [4.69, 9.17) is 7.18 Å². The van der Waals surface area contributed by atoms with Crippen LogP contribution in [0.5, 0.6) is 0 Å². The molecule has 1 atom stereocenters. The standard InChI is InChI=1S/C10H10F3IO/c1-9(2)7-5-3-4-6-8(7)14(15-9)10(11,12)13/h3-6H,1-2H3/i1D3. The number of rotatable bonds is 0. The molecule has 15 heavy (non-hydrogen) atoms. The van der Waals surface area contributed by atoms with E-state index in [0.29, 0.717) is 0 Å². The third-order valence-electron chi connectivity index (χ3n) is 2.00. The second-order valence-electron chi connectivity index (χ2n) is 3.27. The summed E-state index contributed by atoms with van der Waals surface area (Å²) in [4.78, 5) is 0. The molecule has 0 saturated heterocycles. The Morgan fingerprint density at radius 2 is 2.07 bits per heavy atom. The van der Waals surface area contributed by atoms with Crippen molar-refractivity contribution in [1.29, 1.82) is 0 Å². The van der Waals surface area contributed by atoms with Crippen LogP contribution in [0.25, 0.3) is 0 Å². The van der Waals surface area contributed by atoms with E-state index in [9.17, 15) is 13.2 Å². The Hall–Kier alpha value is -0.300. The summed E-state index contributed by atoms with van der Waals surface area (Å²) in [6.07, 6.45) is 0. The average Bonchev–Trinajstić information content (AvgIpc) is 2.53. The van der Waals surface area contributed by atoms with Crippen LogP contribution in [-0.2, 0) is 8.67 Å². The zero-order valence-electron chi connectivity index (χ0n) is 10.7. The number of benzene rings is 1. The van der Waals surface area contributed by atoms with Gasteiger partial charge in [-0.3, -0.25) is 0 Å². The van der Waals surface area contributed by atoms with Gasteiger partial charge in [-0.15, -0.1) is 0 Å². The number of fused-ring (bicyclic) bond motifs is 1. The molecule has 0 saturated carbocycles. The van der Waals surface area contributed by atoms with Crippen molar-refractivity contribution in [2.24, 2.45) is 0 Å². The third kappa shape index (κ3) is 1.87. The van der Waals surface area contributed by atoms with Crippen LogP contribution in [0.1, 0.15) is 23.5 Å². The zero-order valence-corrected chi connectivity index (χ0v) is 9.89. The van der Waals surface area contributed by atoms with Crippen LogP contribution in [0.4, 0.5) is 13.2 Å². The molecule has 84 valence electrons. The van der Waals surface area contributed by atoms with Crippen LogP contribution in [0, 0.1) is 3.57 Å². The molecular formula is C10H10F3IO. The number of alkyl halides is 4. The van der Waals surface area contributed by atoms with Crippen molar-refractivity contribution in [2.45, 2.75) is 23.6 Å². The van der Waals surface area contributed by atoms with Gasteiger partial charge in [-0.1, -0.05) is 0 Å². The van der Waals surface area contributed by atoms with E-state index in [2.05, 4.69) is 0 Å². The van der Waals surface area contributed by atoms with Gasteiger partial charge in [0.1, 0.15) is 0 Å². The van der Waals surface area contributed by atoms with Crippen molar-refractivity contribution in [3.63, 3.8) is 0 Å². The van der Waals surface area contributed by atoms with Gasteiger partial charge in [-0.2, -0.15) is 0 Å². The van der Waals surface area contributed by atoms with Crippen molar-refractivity contribution in [3.8, 4) is 0 Å². The maximum atomic E-state index is 12.9. The van der Waals surface area contributed by atoms with E-state index in [1.54, 1.807) is 0 Å². The molecule has 0 radical (unpaired) electrons. The van der Waals surface area contributed by atoms with Crippen LogP contribution in [-0.4, -0.2) is 4.18 Å². The summed E-state index contributed by atoms with van der Waals surface area (Å²) in [5.74, 6) is 0. The van der Waals surface area contributed by atoms with Crippen molar-refractivity contribution < 1.29 is 20.3 Å². The number of hydrogen-bond acceptors (Lipinski definition) is 1. The summed E-state index contributed by atoms with van der Waals surface area (Å²) in [5.41, 5.74) is -1.71.